The Bertz CT molecular complexity index is 543. The lowest BCUT2D eigenvalue weighted by molar-refractivity contribution is 0.275. The van der Waals surface area contributed by atoms with E-state index in [-0.39, 0.29) is 11.2 Å². The number of piperidine rings is 1. The molecule has 0 amide bonds. The van der Waals surface area contributed by atoms with Crippen molar-refractivity contribution in [1.82, 2.24) is 10.3 Å². The zero-order valence-corrected chi connectivity index (χ0v) is 9.79. The van der Waals surface area contributed by atoms with Crippen LogP contribution in [0, 0.1) is 5.82 Å². The minimum atomic E-state index is -0.271. The number of halogens is 1. The summed E-state index contributed by atoms with van der Waals surface area (Å²) in [6.45, 7) is 4.11. The van der Waals surface area contributed by atoms with Crippen LogP contribution in [-0.2, 0) is 5.41 Å². The molecular weight excluding hydrogens is 219 g/mol. The van der Waals surface area contributed by atoms with Gasteiger partial charge in [-0.2, -0.15) is 0 Å². The molecule has 1 fully saturated rings. The van der Waals surface area contributed by atoms with Gasteiger partial charge >= 0.3 is 0 Å². The first-order chi connectivity index (χ1) is 8.17. The van der Waals surface area contributed by atoms with Gasteiger partial charge in [-0.25, -0.2) is 9.37 Å². The van der Waals surface area contributed by atoms with Gasteiger partial charge in [0.2, 0.25) is 5.89 Å². The van der Waals surface area contributed by atoms with E-state index in [2.05, 4.69) is 17.2 Å². The van der Waals surface area contributed by atoms with Crippen molar-refractivity contribution in [3.8, 4) is 0 Å². The largest absolute Gasteiger partial charge is 0.440 e. The van der Waals surface area contributed by atoms with Crippen LogP contribution in [0.4, 0.5) is 4.39 Å². The molecular formula is C13H15FN2O. The maximum atomic E-state index is 13.1. The Morgan fingerprint density at radius 1 is 1.35 bits per heavy atom. The third-order valence-electron chi connectivity index (χ3n) is 3.57. The van der Waals surface area contributed by atoms with Gasteiger partial charge in [-0.05, 0) is 38.1 Å². The van der Waals surface area contributed by atoms with E-state index in [4.69, 9.17) is 4.42 Å². The smallest absolute Gasteiger partial charge is 0.201 e. The molecule has 0 bridgehead atoms. The molecule has 1 saturated heterocycles. The van der Waals surface area contributed by atoms with Gasteiger partial charge in [0.15, 0.2) is 5.58 Å². The summed E-state index contributed by atoms with van der Waals surface area (Å²) >= 11 is 0. The molecule has 0 unspecified atom stereocenters. The van der Waals surface area contributed by atoms with Gasteiger partial charge in [-0.1, -0.05) is 6.92 Å². The molecule has 1 aliphatic heterocycles. The molecule has 90 valence electrons. The molecule has 2 heterocycles. The number of nitrogens with one attached hydrogen (secondary N) is 1. The maximum Gasteiger partial charge on any atom is 0.201 e. The summed E-state index contributed by atoms with van der Waals surface area (Å²) < 4.78 is 18.9. The van der Waals surface area contributed by atoms with Crippen molar-refractivity contribution in [3.05, 3.63) is 29.9 Å². The fourth-order valence-electron chi connectivity index (χ4n) is 2.35. The molecule has 4 heteroatoms. The fourth-order valence-corrected chi connectivity index (χ4v) is 2.35. The Kier molecular flexibility index (Phi) is 2.40. The quantitative estimate of drug-likeness (QED) is 0.824. The molecule has 3 nitrogen and oxygen atoms in total. The van der Waals surface area contributed by atoms with Crippen LogP contribution in [0.5, 0.6) is 0 Å². The maximum absolute atomic E-state index is 13.1. The highest BCUT2D eigenvalue weighted by molar-refractivity contribution is 5.72. The summed E-state index contributed by atoms with van der Waals surface area (Å²) in [6, 6.07) is 4.47. The van der Waals surface area contributed by atoms with Crippen LogP contribution in [0.1, 0.15) is 25.7 Å². The highest BCUT2D eigenvalue weighted by Gasteiger charge is 2.33. The molecule has 3 rings (SSSR count). The van der Waals surface area contributed by atoms with Crippen LogP contribution < -0.4 is 5.32 Å². The van der Waals surface area contributed by atoms with E-state index >= 15 is 0 Å². The van der Waals surface area contributed by atoms with Crippen LogP contribution >= 0.6 is 0 Å². The number of hydrogen-bond acceptors (Lipinski definition) is 3. The lowest BCUT2D eigenvalue weighted by Crippen LogP contribution is -2.37. The Balaban J connectivity index is 2.05. The number of aromatic nitrogens is 1. The van der Waals surface area contributed by atoms with Crippen molar-refractivity contribution < 1.29 is 8.81 Å². The fraction of sp³-hybridized carbons (Fsp3) is 0.462. The molecule has 1 aromatic heterocycles. The monoisotopic (exact) mass is 234 g/mol. The normalized spacial score (nSPS) is 19.6. The van der Waals surface area contributed by atoms with E-state index < -0.39 is 0 Å². The van der Waals surface area contributed by atoms with Gasteiger partial charge in [0.25, 0.3) is 0 Å². The second kappa shape index (κ2) is 3.81. The molecule has 0 radical (unpaired) electrons. The molecule has 0 spiro atoms. The topological polar surface area (TPSA) is 38.1 Å². The van der Waals surface area contributed by atoms with E-state index in [1.807, 2.05) is 0 Å². The molecule has 1 aromatic carbocycles. The highest BCUT2D eigenvalue weighted by atomic mass is 19.1. The molecule has 17 heavy (non-hydrogen) atoms. The predicted molar refractivity (Wildman–Crippen MR) is 63.4 cm³/mol. The number of rotatable bonds is 1. The van der Waals surface area contributed by atoms with Crippen LogP contribution in [0.15, 0.2) is 22.6 Å². The number of benzene rings is 1. The molecule has 1 aliphatic rings. The van der Waals surface area contributed by atoms with E-state index in [0.29, 0.717) is 11.1 Å². The minimum Gasteiger partial charge on any atom is -0.440 e. The van der Waals surface area contributed by atoms with Crippen LogP contribution in [0.25, 0.3) is 11.1 Å². The van der Waals surface area contributed by atoms with Crippen molar-refractivity contribution in [2.24, 2.45) is 0 Å². The van der Waals surface area contributed by atoms with Crippen molar-refractivity contribution >= 4 is 11.1 Å². The van der Waals surface area contributed by atoms with E-state index in [9.17, 15) is 4.39 Å². The average molecular weight is 234 g/mol. The standard InChI is InChI=1S/C13H15FN2O/c1-13(4-6-15-7-5-13)12-16-10-8-9(14)2-3-11(10)17-12/h2-3,8,15H,4-7H2,1H3. The molecule has 1 N–H and O–H groups in total. The summed E-state index contributed by atoms with van der Waals surface area (Å²) in [5, 5.41) is 3.32. The van der Waals surface area contributed by atoms with Crippen molar-refractivity contribution in [2.75, 3.05) is 13.1 Å². The SMILES string of the molecule is CC1(c2nc3cc(F)ccc3o2)CCNCC1. The molecule has 0 saturated carbocycles. The zero-order chi connectivity index (χ0) is 11.9. The average Bonchev–Trinajstić information content (AvgIpc) is 2.73. The summed E-state index contributed by atoms with van der Waals surface area (Å²) in [5.41, 5.74) is 1.25. The van der Waals surface area contributed by atoms with Crippen molar-refractivity contribution in [2.45, 2.75) is 25.2 Å². The second-order valence-corrected chi connectivity index (χ2v) is 4.94. The second-order valence-electron chi connectivity index (χ2n) is 4.94. The van der Waals surface area contributed by atoms with E-state index in [0.717, 1.165) is 31.8 Å². The third kappa shape index (κ3) is 1.82. The Labute approximate surface area is 99.0 Å². The molecule has 2 aromatic rings. The van der Waals surface area contributed by atoms with Gasteiger partial charge in [-0.3, -0.25) is 0 Å². The van der Waals surface area contributed by atoms with Gasteiger partial charge in [0.05, 0.1) is 0 Å². The Hall–Kier alpha value is -1.42. The zero-order valence-electron chi connectivity index (χ0n) is 9.79. The van der Waals surface area contributed by atoms with Gasteiger partial charge in [-0.15, -0.1) is 0 Å². The van der Waals surface area contributed by atoms with E-state index in [1.165, 1.54) is 12.1 Å². The van der Waals surface area contributed by atoms with Gasteiger partial charge < -0.3 is 9.73 Å². The van der Waals surface area contributed by atoms with Crippen LogP contribution in [0.2, 0.25) is 0 Å². The number of nitrogens with zero attached hydrogens (tertiary/aromatic N) is 1. The number of fused-ring (bicyclic) bond motifs is 1. The third-order valence-corrected chi connectivity index (χ3v) is 3.57. The first kappa shape index (κ1) is 10.7. The Morgan fingerprint density at radius 3 is 2.88 bits per heavy atom. The van der Waals surface area contributed by atoms with Crippen molar-refractivity contribution in [3.63, 3.8) is 0 Å². The first-order valence-corrected chi connectivity index (χ1v) is 5.95. The summed E-state index contributed by atoms with van der Waals surface area (Å²) in [4.78, 5) is 4.43. The summed E-state index contributed by atoms with van der Waals surface area (Å²) in [7, 11) is 0. The van der Waals surface area contributed by atoms with Crippen LogP contribution in [-0.4, -0.2) is 18.1 Å². The van der Waals surface area contributed by atoms with Gasteiger partial charge in [0, 0.05) is 11.5 Å². The van der Waals surface area contributed by atoms with Crippen molar-refractivity contribution in [1.29, 1.82) is 0 Å². The Morgan fingerprint density at radius 2 is 2.12 bits per heavy atom. The lowest BCUT2D eigenvalue weighted by Gasteiger charge is -2.30. The number of hydrogen-bond donors (Lipinski definition) is 1. The number of oxazole rings is 1. The summed E-state index contributed by atoms with van der Waals surface area (Å²) in [6.07, 6.45) is 2.00. The highest BCUT2D eigenvalue weighted by Crippen LogP contribution is 2.34. The molecule has 0 aliphatic carbocycles. The lowest BCUT2D eigenvalue weighted by atomic mass is 9.81. The summed E-state index contributed by atoms with van der Waals surface area (Å²) in [5.74, 6) is 0.465. The van der Waals surface area contributed by atoms with Crippen LogP contribution in [0.3, 0.4) is 0 Å². The predicted octanol–water partition coefficient (Wildman–Crippen LogP) is 2.61. The van der Waals surface area contributed by atoms with E-state index in [1.54, 1.807) is 6.07 Å². The van der Waals surface area contributed by atoms with Gasteiger partial charge in [0.1, 0.15) is 11.3 Å². The molecule has 0 atom stereocenters. The first-order valence-electron chi connectivity index (χ1n) is 5.95. The minimum absolute atomic E-state index is 0.0270.